The predicted octanol–water partition coefficient (Wildman–Crippen LogP) is -0.511. The molecule has 2 atom stereocenters. The van der Waals surface area contributed by atoms with Crippen LogP contribution >= 0.6 is 0 Å². The first-order valence-electron chi connectivity index (χ1n) is 4.89. The molecule has 1 aliphatic heterocycles. The second-order valence-corrected chi connectivity index (χ2v) is 3.88. The van der Waals surface area contributed by atoms with E-state index >= 15 is 0 Å². The molecule has 1 aliphatic carbocycles. The maximum absolute atomic E-state index is 11.4. The van der Waals surface area contributed by atoms with Crippen molar-refractivity contribution in [3.8, 4) is 0 Å². The average Bonchev–Trinajstić information content (AvgIpc) is 2.83. The molecule has 0 bridgehead atoms. The number of carbonyl (C=O) groups excluding carboxylic acids is 1. The summed E-state index contributed by atoms with van der Waals surface area (Å²) >= 11 is 0. The topological polar surface area (TPSA) is 43.8 Å². The van der Waals surface area contributed by atoms with E-state index in [2.05, 4.69) is 4.90 Å². The molecule has 0 spiro atoms. The zero-order chi connectivity index (χ0) is 9.42. The molecular weight excluding hydrogens is 168 g/mol. The Morgan fingerprint density at radius 2 is 2.38 bits per heavy atom. The summed E-state index contributed by atoms with van der Waals surface area (Å²) in [7, 11) is 0. The van der Waals surface area contributed by atoms with Crippen LogP contribution in [0.2, 0.25) is 0 Å². The van der Waals surface area contributed by atoms with Gasteiger partial charge < -0.3 is 10.0 Å². The molecule has 4 nitrogen and oxygen atoms in total. The van der Waals surface area contributed by atoms with Crippen molar-refractivity contribution in [1.82, 2.24) is 9.80 Å². The van der Waals surface area contributed by atoms with Crippen LogP contribution in [0.3, 0.4) is 0 Å². The second-order valence-electron chi connectivity index (χ2n) is 3.88. The molecule has 13 heavy (non-hydrogen) atoms. The highest BCUT2D eigenvalue weighted by molar-refractivity contribution is 5.80. The Bertz CT molecular complexity index is 220. The minimum Gasteiger partial charge on any atom is -0.396 e. The Labute approximate surface area is 78.1 Å². The molecule has 2 rings (SSSR count). The fraction of sp³-hybridized carbons (Fsp3) is 0.889. The standard InChI is InChI=1S/C9H16N2O2/c1-2-10-6-11(4-9(10)13)8-3-7(8)5-12/h7-8,12H,2-6H2,1H3. The third-order valence-electron chi connectivity index (χ3n) is 3.01. The summed E-state index contributed by atoms with van der Waals surface area (Å²) in [6.45, 7) is 4.37. The summed E-state index contributed by atoms with van der Waals surface area (Å²) < 4.78 is 0. The summed E-state index contributed by atoms with van der Waals surface area (Å²) in [4.78, 5) is 15.4. The van der Waals surface area contributed by atoms with E-state index in [1.54, 1.807) is 0 Å². The van der Waals surface area contributed by atoms with Crippen molar-refractivity contribution < 1.29 is 9.90 Å². The van der Waals surface area contributed by atoms with Crippen molar-refractivity contribution in [2.24, 2.45) is 5.92 Å². The molecule has 2 fully saturated rings. The van der Waals surface area contributed by atoms with Gasteiger partial charge in [0.1, 0.15) is 0 Å². The molecule has 0 aromatic rings. The van der Waals surface area contributed by atoms with E-state index in [9.17, 15) is 4.79 Å². The molecule has 0 aromatic heterocycles. The summed E-state index contributed by atoms with van der Waals surface area (Å²) in [6, 6.07) is 0.463. The first-order valence-corrected chi connectivity index (χ1v) is 4.89. The van der Waals surface area contributed by atoms with Gasteiger partial charge in [-0.05, 0) is 19.3 Å². The summed E-state index contributed by atoms with van der Waals surface area (Å²) in [5.41, 5.74) is 0. The van der Waals surface area contributed by atoms with Gasteiger partial charge in [0.25, 0.3) is 0 Å². The van der Waals surface area contributed by atoms with Crippen LogP contribution in [0, 0.1) is 5.92 Å². The first kappa shape index (κ1) is 8.97. The van der Waals surface area contributed by atoms with E-state index in [1.807, 2.05) is 11.8 Å². The highest BCUT2D eigenvalue weighted by atomic mass is 16.3. The zero-order valence-corrected chi connectivity index (χ0v) is 7.94. The van der Waals surface area contributed by atoms with Crippen LogP contribution in [0.4, 0.5) is 0 Å². The van der Waals surface area contributed by atoms with E-state index in [-0.39, 0.29) is 12.5 Å². The summed E-state index contributed by atoms with van der Waals surface area (Å²) in [6.07, 6.45) is 1.06. The number of amides is 1. The van der Waals surface area contributed by atoms with Crippen molar-refractivity contribution >= 4 is 5.91 Å². The van der Waals surface area contributed by atoms with E-state index in [0.717, 1.165) is 19.6 Å². The summed E-state index contributed by atoms with van der Waals surface area (Å²) in [5, 5.41) is 8.90. The van der Waals surface area contributed by atoms with Crippen LogP contribution in [-0.4, -0.2) is 53.2 Å². The molecule has 2 unspecified atom stereocenters. The van der Waals surface area contributed by atoms with Crippen molar-refractivity contribution in [2.45, 2.75) is 19.4 Å². The number of aliphatic hydroxyl groups is 1. The third kappa shape index (κ3) is 1.56. The van der Waals surface area contributed by atoms with Gasteiger partial charge in [-0.3, -0.25) is 9.69 Å². The average molecular weight is 184 g/mol. The largest absolute Gasteiger partial charge is 0.396 e. The Balaban J connectivity index is 1.88. The van der Waals surface area contributed by atoms with E-state index < -0.39 is 0 Å². The van der Waals surface area contributed by atoms with E-state index in [1.165, 1.54) is 0 Å². The monoisotopic (exact) mass is 184 g/mol. The smallest absolute Gasteiger partial charge is 0.237 e. The van der Waals surface area contributed by atoms with E-state index in [0.29, 0.717) is 18.5 Å². The molecule has 1 amide bonds. The Kier molecular flexibility index (Phi) is 2.26. The van der Waals surface area contributed by atoms with Crippen molar-refractivity contribution in [3.05, 3.63) is 0 Å². The van der Waals surface area contributed by atoms with Gasteiger partial charge in [-0.1, -0.05) is 0 Å². The predicted molar refractivity (Wildman–Crippen MR) is 47.9 cm³/mol. The number of hydrogen-bond acceptors (Lipinski definition) is 3. The lowest BCUT2D eigenvalue weighted by Gasteiger charge is -2.15. The van der Waals surface area contributed by atoms with Crippen LogP contribution in [0.1, 0.15) is 13.3 Å². The molecule has 74 valence electrons. The lowest BCUT2D eigenvalue weighted by molar-refractivity contribution is -0.126. The SMILES string of the molecule is CCN1CN(C2CC2CO)CC1=O. The van der Waals surface area contributed by atoms with Crippen LogP contribution in [-0.2, 0) is 4.79 Å². The van der Waals surface area contributed by atoms with Crippen molar-refractivity contribution in [1.29, 1.82) is 0 Å². The van der Waals surface area contributed by atoms with Crippen LogP contribution in [0.15, 0.2) is 0 Å². The normalized spacial score (nSPS) is 34.3. The highest BCUT2D eigenvalue weighted by Gasteiger charge is 2.44. The van der Waals surface area contributed by atoms with Gasteiger partial charge in [-0.2, -0.15) is 0 Å². The number of rotatable bonds is 3. The minimum absolute atomic E-state index is 0.228. The van der Waals surface area contributed by atoms with Gasteiger partial charge >= 0.3 is 0 Å². The van der Waals surface area contributed by atoms with Crippen LogP contribution < -0.4 is 0 Å². The second kappa shape index (κ2) is 3.27. The summed E-state index contributed by atoms with van der Waals surface area (Å²) in [5.74, 6) is 0.649. The molecular formula is C9H16N2O2. The fourth-order valence-corrected chi connectivity index (χ4v) is 2.00. The maximum atomic E-state index is 11.4. The van der Waals surface area contributed by atoms with Crippen molar-refractivity contribution in [2.75, 3.05) is 26.4 Å². The number of hydrogen-bond donors (Lipinski definition) is 1. The van der Waals surface area contributed by atoms with Gasteiger partial charge in [-0.25, -0.2) is 0 Å². The van der Waals surface area contributed by atoms with Crippen LogP contribution in [0.25, 0.3) is 0 Å². The van der Waals surface area contributed by atoms with Gasteiger partial charge in [0, 0.05) is 19.2 Å². The van der Waals surface area contributed by atoms with E-state index in [4.69, 9.17) is 5.11 Å². The molecule has 0 radical (unpaired) electrons. The van der Waals surface area contributed by atoms with Crippen molar-refractivity contribution in [3.63, 3.8) is 0 Å². The number of carbonyl (C=O) groups is 1. The fourth-order valence-electron chi connectivity index (χ4n) is 2.00. The molecule has 0 aromatic carbocycles. The molecule has 4 heteroatoms. The molecule has 1 N–H and O–H groups in total. The molecule has 2 aliphatic rings. The number of likely N-dealkylation sites (N-methyl/N-ethyl adjacent to an activating group) is 1. The molecule has 1 saturated carbocycles. The lowest BCUT2D eigenvalue weighted by atomic mass is 10.4. The quantitative estimate of drug-likeness (QED) is 0.642. The Morgan fingerprint density at radius 3 is 2.85 bits per heavy atom. The number of nitrogens with zero attached hydrogens (tertiary/aromatic N) is 2. The van der Waals surface area contributed by atoms with Gasteiger partial charge in [0.2, 0.25) is 5.91 Å². The Morgan fingerprint density at radius 1 is 1.62 bits per heavy atom. The minimum atomic E-state index is 0.228. The first-order chi connectivity index (χ1) is 6.26. The van der Waals surface area contributed by atoms with Gasteiger partial charge in [0.05, 0.1) is 13.2 Å². The van der Waals surface area contributed by atoms with Gasteiger partial charge in [-0.15, -0.1) is 0 Å². The van der Waals surface area contributed by atoms with Crippen LogP contribution in [0.5, 0.6) is 0 Å². The zero-order valence-electron chi connectivity index (χ0n) is 7.94. The van der Waals surface area contributed by atoms with Gasteiger partial charge in [0.15, 0.2) is 0 Å². The lowest BCUT2D eigenvalue weighted by Crippen LogP contribution is -2.28. The third-order valence-corrected chi connectivity index (χ3v) is 3.01. The molecule has 1 saturated heterocycles. The molecule has 1 heterocycles. The highest BCUT2D eigenvalue weighted by Crippen LogP contribution is 2.36. The Hall–Kier alpha value is -0.610. The number of aliphatic hydroxyl groups excluding tert-OH is 1. The maximum Gasteiger partial charge on any atom is 0.237 e.